The third kappa shape index (κ3) is 5.77. The predicted molar refractivity (Wildman–Crippen MR) is 52.2 cm³/mol. The maximum atomic E-state index is 9.46. The van der Waals surface area contributed by atoms with Crippen LogP contribution < -0.4 is 0 Å². The maximum Gasteiger partial charge on any atom is 0.331 e. The Kier molecular flexibility index (Phi) is 6.77. The van der Waals surface area contributed by atoms with Crippen LogP contribution in [0.4, 0.5) is 0 Å². The van der Waals surface area contributed by atoms with Crippen molar-refractivity contribution in [2.45, 2.75) is 5.88 Å². The fourth-order valence-corrected chi connectivity index (χ4v) is 0.770. The van der Waals surface area contributed by atoms with Gasteiger partial charge < -0.3 is 0 Å². The first kappa shape index (κ1) is 12.2. The molecule has 70 valence electrons. The summed E-state index contributed by atoms with van der Waals surface area (Å²) in [6, 6.07) is 12.2. The number of hydrogen-bond donors (Lipinski definition) is 0. The summed E-state index contributed by atoms with van der Waals surface area (Å²) in [5.74, 6) is -0.434. The van der Waals surface area contributed by atoms with Crippen LogP contribution in [-0.4, -0.2) is 5.78 Å². The van der Waals surface area contributed by atoms with Crippen molar-refractivity contribution < 1.29 is 4.79 Å². The molecule has 4 heteroatoms. The van der Waals surface area contributed by atoms with Crippen LogP contribution in [0.1, 0.15) is 5.56 Å². The summed E-state index contributed by atoms with van der Waals surface area (Å²) < 4.78 is 0. The highest BCUT2D eigenvalue weighted by Gasteiger charge is 1.86. The number of ketones is 1. The van der Waals surface area contributed by atoms with E-state index >= 15 is 0 Å². The third-order valence-electron chi connectivity index (χ3n) is 1.20. The molecule has 1 aromatic rings. The zero-order valence-electron chi connectivity index (χ0n) is 7.27. The van der Waals surface area contributed by atoms with Gasteiger partial charge in [0.15, 0.2) is 12.1 Å². The molecule has 0 amide bonds. The van der Waals surface area contributed by atoms with Crippen LogP contribution in [0.2, 0.25) is 0 Å². The number of alkyl halides is 1. The van der Waals surface area contributed by atoms with Gasteiger partial charge in [0, 0.05) is 5.88 Å². The van der Waals surface area contributed by atoms with E-state index in [-0.39, 0.29) is 0 Å². The van der Waals surface area contributed by atoms with Crippen LogP contribution in [0.15, 0.2) is 30.3 Å². The second-order valence-electron chi connectivity index (χ2n) is 2.17. The highest BCUT2D eigenvalue weighted by molar-refractivity contribution is 6.17. The quantitative estimate of drug-likeness (QED) is 0.522. The third-order valence-corrected chi connectivity index (χ3v) is 1.51. The SMILES string of the molecule is ClCc1ccccc1.N#CC(=O)C#N. The fraction of sp³-hybridized carbons (Fsp3) is 0.100. The molecule has 0 aliphatic rings. The Morgan fingerprint density at radius 3 is 1.93 bits per heavy atom. The molecule has 0 aromatic heterocycles. The summed E-state index contributed by atoms with van der Waals surface area (Å²) in [6.07, 6.45) is 0. The number of hydrogen-bond acceptors (Lipinski definition) is 3. The summed E-state index contributed by atoms with van der Waals surface area (Å²) in [4.78, 5) is 9.46. The van der Waals surface area contributed by atoms with Gasteiger partial charge in [0.25, 0.3) is 0 Å². The first-order chi connectivity index (χ1) is 6.74. The van der Waals surface area contributed by atoms with Crippen molar-refractivity contribution in [1.29, 1.82) is 10.5 Å². The van der Waals surface area contributed by atoms with Crippen molar-refractivity contribution >= 4 is 17.4 Å². The number of nitrogens with zero attached hydrogens (tertiary/aromatic N) is 2. The van der Waals surface area contributed by atoms with E-state index in [1.165, 1.54) is 5.56 Å². The van der Waals surface area contributed by atoms with Gasteiger partial charge in [-0.1, -0.05) is 30.3 Å². The summed E-state index contributed by atoms with van der Waals surface area (Å²) in [5, 5.41) is 15.0. The monoisotopic (exact) mass is 206 g/mol. The molecule has 0 bridgehead atoms. The van der Waals surface area contributed by atoms with Gasteiger partial charge in [0.1, 0.15) is 0 Å². The van der Waals surface area contributed by atoms with Crippen LogP contribution in [0.3, 0.4) is 0 Å². The Morgan fingerprint density at radius 2 is 1.71 bits per heavy atom. The van der Waals surface area contributed by atoms with Crippen LogP contribution in [0.5, 0.6) is 0 Å². The fourth-order valence-electron chi connectivity index (χ4n) is 0.592. The summed E-state index contributed by atoms with van der Waals surface area (Å²) in [5.41, 5.74) is 1.18. The van der Waals surface area contributed by atoms with Crippen molar-refractivity contribution in [1.82, 2.24) is 0 Å². The molecule has 0 aliphatic heterocycles. The first-order valence-electron chi connectivity index (χ1n) is 3.68. The molecule has 0 atom stereocenters. The molecular formula is C10H7ClN2O. The van der Waals surface area contributed by atoms with Crippen molar-refractivity contribution in [3.8, 4) is 12.1 Å². The summed E-state index contributed by atoms with van der Waals surface area (Å²) >= 11 is 5.53. The van der Waals surface area contributed by atoms with Gasteiger partial charge in [-0.05, 0) is 5.56 Å². The van der Waals surface area contributed by atoms with Crippen molar-refractivity contribution in [2.24, 2.45) is 0 Å². The van der Waals surface area contributed by atoms with Crippen LogP contribution in [0, 0.1) is 22.7 Å². The first-order valence-corrected chi connectivity index (χ1v) is 4.22. The average molecular weight is 207 g/mol. The van der Waals surface area contributed by atoms with Crippen molar-refractivity contribution in [3.05, 3.63) is 35.9 Å². The van der Waals surface area contributed by atoms with E-state index in [4.69, 9.17) is 22.1 Å². The molecular weight excluding hydrogens is 200 g/mol. The Labute approximate surface area is 87.1 Å². The maximum absolute atomic E-state index is 9.46. The van der Waals surface area contributed by atoms with E-state index in [1.807, 2.05) is 30.3 Å². The van der Waals surface area contributed by atoms with Crippen LogP contribution in [0.25, 0.3) is 0 Å². The molecule has 14 heavy (non-hydrogen) atoms. The molecule has 0 N–H and O–H groups in total. The molecule has 0 spiro atoms. The van der Waals surface area contributed by atoms with E-state index in [9.17, 15) is 4.79 Å². The lowest BCUT2D eigenvalue weighted by Gasteiger charge is -1.88. The Balaban J connectivity index is 0.000000255. The number of benzene rings is 1. The van der Waals surface area contributed by atoms with Gasteiger partial charge >= 0.3 is 5.78 Å². The van der Waals surface area contributed by atoms with Gasteiger partial charge in [-0.3, -0.25) is 4.79 Å². The zero-order valence-corrected chi connectivity index (χ0v) is 8.03. The molecule has 0 saturated carbocycles. The van der Waals surface area contributed by atoms with Crippen molar-refractivity contribution in [3.63, 3.8) is 0 Å². The Bertz CT molecular complexity index is 346. The summed E-state index contributed by atoms with van der Waals surface area (Å²) in [6.45, 7) is 0. The van der Waals surface area contributed by atoms with E-state index in [2.05, 4.69) is 0 Å². The lowest BCUT2D eigenvalue weighted by molar-refractivity contribution is -0.109. The highest BCUT2D eigenvalue weighted by Crippen LogP contribution is 2.00. The summed E-state index contributed by atoms with van der Waals surface area (Å²) in [7, 11) is 0. The second kappa shape index (κ2) is 7.79. The lowest BCUT2D eigenvalue weighted by atomic mass is 10.2. The largest absolute Gasteiger partial charge is 0.331 e. The van der Waals surface area contributed by atoms with Gasteiger partial charge in [0.05, 0.1) is 0 Å². The topological polar surface area (TPSA) is 64.7 Å². The van der Waals surface area contributed by atoms with Gasteiger partial charge in [0.2, 0.25) is 0 Å². The number of carbonyl (C=O) groups excluding carboxylic acids is 1. The van der Waals surface area contributed by atoms with Crippen LogP contribution in [-0.2, 0) is 10.7 Å². The van der Waals surface area contributed by atoms with Gasteiger partial charge in [-0.2, -0.15) is 10.5 Å². The minimum Gasteiger partial charge on any atom is -0.265 e. The molecule has 1 rings (SSSR count). The van der Waals surface area contributed by atoms with Crippen LogP contribution >= 0.6 is 11.6 Å². The number of Topliss-reactive ketones (excluding diaryl/α,β-unsaturated/α-hetero) is 1. The Morgan fingerprint density at radius 1 is 1.21 bits per heavy atom. The predicted octanol–water partition coefficient (Wildman–Crippen LogP) is 2.03. The smallest absolute Gasteiger partial charge is 0.265 e. The molecule has 3 nitrogen and oxygen atoms in total. The zero-order chi connectivity index (χ0) is 10.8. The molecule has 0 aliphatic carbocycles. The van der Waals surface area contributed by atoms with E-state index in [1.54, 1.807) is 0 Å². The van der Waals surface area contributed by atoms with E-state index < -0.39 is 5.78 Å². The normalized spacial score (nSPS) is 7.36. The second-order valence-corrected chi connectivity index (χ2v) is 2.44. The molecule has 1 aromatic carbocycles. The number of carbonyl (C=O) groups is 1. The minimum atomic E-state index is -1.05. The number of halogens is 1. The Hall–Kier alpha value is -1.84. The molecule has 0 fully saturated rings. The number of rotatable bonds is 1. The lowest BCUT2D eigenvalue weighted by Crippen LogP contribution is -1.81. The molecule has 0 radical (unpaired) electrons. The molecule has 0 saturated heterocycles. The van der Waals surface area contributed by atoms with E-state index in [0.717, 1.165) is 12.1 Å². The van der Waals surface area contributed by atoms with Crippen molar-refractivity contribution in [2.75, 3.05) is 0 Å². The molecule has 0 unspecified atom stereocenters. The van der Waals surface area contributed by atoms with Gasteiger partial charge in [-0.15, -0.1) is 11.6 Å². The van der Waals surface area contributed by atoms with E-state index in [0.29, 0.717) is 5.88 Å². The number of nitriles is 2. The minimum absolute atomic E-state index is 0.612. The van der Waals surface area contributed by atoms with Gasteiger partial charge in [-0.25, -0.2) is 0 Å². The average Bonchev–Trinajstić information content (AvgIpc) is 2.30. The highest BCUT2D eigenvalue weighted by atomic mass is 35.5. The molecule has 0 heterocycles. The standard InChI is InChI=1S/C7H7Cl.C3N2O/c8-6-7-4-2-1-3-5-7;4-1-3(6)2-5/h1-5H,6H2;.